The maximum Gasteiger partial charge on any atom is 0.295 e. The van der Waals surface area contributed by atoms with Crippen molar-refractivity contribution in [3.63, 3.8) is 0 Å². The Bertz CT molecular complexity index is 569. The molecule has 0 aliphatic rings. The molecule has 16 heavy (non-hydrogen) atoms. The number of aromatic nitrogens is 1. The second-order valence-corrected chi connectivity index (χ2v) is 3.86. The van der Waals surface area contributed by atoms with E-state index in [1.165, 1.54) is 6.07 Å². The highest BCUT2D eigenvalue weighted by molar-refractivity contribution is 6.17. The third kappa shape index (κ3) is 1.84. The summed E-state index contributed by atoms with van der Waals surface area (Å²) >= 11 is 5.70. The maximum absolute atomic E-state index is 10.9. The number of nitro groups is 1. The minimum absolute atomic E-state index is 0.00755. The summed E-state index contributed by atoms with van der Waals surface area (Å²) < 4.78 is 0. The Labute approximate surface area is 97.0 Å². The summed E-state index contributed by atoms with van der Waals surface area (Å²) in [5, 5.41) is 11.6. The molecule has 0 fully saturated rings. The molecule has 2 rings (SSSR count). The van der Waals surface area contributed by atoms with Crippen molar-refractivity contribution in [1.82, 2.24) is 4.98 Å². The van der Waals surface area contributed by atoms with Gasteiger partial charge in [0.2, 0.25) is 0 Å². The molecule has 0 bridgehead atoms. The second kappa shape index (κ2) is 4.06. The van der Waals surface area contributed by atoms with Crippen molar-refractivity contribution < 1.29 is 4.92 Å². The van der Waals surface area contributed by atoms with E-state index in [0.29, 0.717) is 5.52 Å². The van der Waals surface area contributed by atoms with Gasteiger partial charge in [-0.1, -0.05) is 0 Å². The number of fused-ring (bicyclic) bond motifs is 1. The first kappa shape index (κ1) is 10.8. The van der Waals surface area contributed by atoms with Gasteiger partial charge in [-0.3, -0.25) is 10.1 Å². The largest absolute Gasteiger partial charge is 0.295 e. The van der Waals surface area contributed by atoms with Crippen molar-refractivity contribution in [2.45, 2.75) is 12.8 Å². The van der Waals surface area contributed by atoms with Gasteiger partial charge in [0.15, 0.2) is 0 Å². The predicted molar refractivity (Wildman–Crippen MR) is 62.7 cm³/mol. The van der Waals surface area contributed by atoms with E-state index in [0.717, 1.165) is 16.5 Å². The maximum atomic E-state index is 10.9. The smallest absolute Gasteiger partial charge is 0.258 e. The number of non-ortho nitro benzene ring substituents is 1. The summed E-state index contributed by atoms with van der Waals surface area (Å²) in [5.41, 5.74) is 2.11. The van der Waals surface area contributed by atoms with E-state index in [9.17, 15) is 10.1 Å². The summed E-state index contributed by atoms with van der Waals surface area (Å²) in [7, 11) is 0. The van der Waals surface area contributed by atoms with E-state index in [1.807, 2.05) is 19.1 Å². The number of hydrogen-bond acceptors (Lipinski definition) is 3. The molecule has 1 aromatic carbocycles. The molecule has 0 unspecified atom stereocenters. The number of alkyl halides is 1. The van der Waals surface area contributed by atoms with Crippen molar-refractivity contribution in [3.05, 3.63) is 45.6 Å². The lowest BCUT2D eigenvalue weighted by atomic mass is 10.1. The molecule has 1 heterocycles. The zero-order valence-electron chi connectivity index (χ0n) is 8.61. The first-order valence-electron chi connectivity index (χ1n) is 4.71. The molecule has 5 heteroatoms. The molecule has 0 atom stereocenters. The number of halogens is 1. The van der Waals surface area contributed by atoms with Gasteiger partial charge in [0.1, 0.15) is 5.52 Å². The molecule has 0 saturated heterocycles. The number of hydrogen-bond donors (Lipinski definition) is 0. The van der Waals surface area contributed by atoms with Crippen LogP contribution in [0.5, 0.6) is 0 Å². The first-order valence-corrected chi connectivity index (χ1v) is 5.25. The molecule has 0 amide bonds. The van der Waals surface area contributed by atoms with Crippen molar-refractivity contribution >= 4 is 28.2 Å². The Hall–Kier alpha value is -1.68. The summed E-state index contributed by atoms with van der Waals surface area (Å²) in [6.07, 6.45) is 1.62. The van der Waals surface area contributed by atoms with Gasteiger partial charge in [-0.2, -0.15) is 0 Å². The zero-order chi connectivity index (χ0) is 11.7. The summed E-state index contributed by atoms with van der Waals surface area (Å²) in [5.74, 6) is 0.255. The van der Waals surface area contributed by atoms with Crippen LogP contribution in [0.4, 0.5) is 5.69 Å². The molecule has 0 radical (unpaired) electrons. The fraction of sp³-hybridized carbons (Fsp3) is 0.182. The lowest BCUT2D eigenvalue weighted by molar-refractivity contribution is -0.383. The van der Waals surface area contributed by atoms with Gasteiger partial charge in [0.05, 0.1) is 4.92 Å². The Morgan fingerprint density at radius 3 is 2.81 bits per heavy atom. The van der Waals surface area contributed by atoms with Crippen LogP contribution in [-0.2, 0) is 5.88 Å². The van der Waals surface area contributed by atoms with Crippen LogP contribution in [0.15, 0.2) is 24.4 Å². The number of rotatable bonds is 2. The van der Waals surface area contributed by atoms with E-state index in [-0.39, 0.29) is 11.6 Å². The van der Waals surface area contributed by atoms with Gasteiger partial charge in [-0.25, -0.2) is 4.98 Å². The highest BCUT2D eigenvalue weighted by Gasteiger charge is 2.14. The molecular weight excluding hydrogens is 228 g/mol. The third-order valence-electron chi connectivity index (χ3n) is 2.31. The van der Waals surface area contributed by atoms with Gasteiger partial charge < -0.3 is 0 Å². The van der Waals surface area contributed by atoms with Gasteiger partial charge in [-0.05, 0) is 30.2 Å². The van der Waals surface area contributed by atoms with Crippen molar-refractivity contribution in [2.75, 3.05) is 0 Å². The number of nitrogens with zero attached hydrogens (tertiary/aromatic N) is 2. The highest BCUT2D eigenvalue weighted by atomic mass is 35.5. The minimum Gasteiger partial charge on any atom is -0.258 e. The van der Waals surface area contributed by atoms with Crippen LogP contribution in [0.3, 0.4) is 0 Å². The van der Waals surface area contributed by atoms with E-state index in [1.54, 1.807) is 6.20 Å². The van der Waals surface area contributed by atoms with Gasteiger partial charge in [0.25, 0.3) is 5.69 Å². The van der Waals surface area contributed by atoms with Crippen LogP contribution in [0.2, 0.25) is 0 Å². The SMILES string of the molecule is Cc1cnc2c([N+](=O)[O-])cc(CCl)cc2c1. The zero-order valence-corrected chi connectivity index (χ0v) is 9.36. The van der Waals surface area contributed by atoms with Gasteiger partial charge in [0, 0.05) is 23.5 Å². The minimum atomic E-state index is -0.430. The Balaban J connectivity index is 2.81. The van der Waals surface area contributed by atoms with Crippen LogP contribution >= 0.6 is 11.6 Å². The quantitative estimate of drug-likeness (QED) is 0.457. The summed E-state index contributed by atoms with van der Waals surface area (Å²) in [4.78, 5) is 14.6. The molecule has 0 N–H and O–H groups in total. The molecule has 4 nitrogen and oxygen atoms in total. The van der Waals surface area contributed by atoms with Gasteiger partial charge >= 0.3 is 0 Å². The Morgan fingerprint density at radius 1 is 1.44 bits per heavy atom. The number of benzene rings is 1. The van der Waals surface area contributed by atoms with Crippen molar-refractivity contribution in [3.8, 4) is 0 Å². The Morgan fingerprint density at radius 2 is 2.19 bits per heavy atom. The van der Waals surface area contributed by atoms with Crippen LogP contribution in [-0.4, -0.2) is 9.91 Å². The van der Waals surface area contributed by atoms with E-state index in [4.69, 9.17) is 11.6 Å². The topological polar surface area (TPSA) is 56.0 Å². The monoisotopic (exact) mass is 236 g/mol. The van der Waals surface area contributed by atoms with Gasteiger partial charge in [-0.15, -0.1) is 11.6 Å². The van der Waals surface area contributed by atoms with Crippen LogP contribution in [0.1, 0.15) is 11.1 Å². The van der Waals surface area contributed by atoms with E-state index < -0.39 is 4.92 Å². The standard InChI is InChI=1S/C11H9ClN2O2/c1-7-2-9-3-8(5-12)4-10(14(15)16)11(9)13-6-7/h2-4,6H,5H2,1H3. The molecule has 2 aromatic rings. The predicted octanol–water partition coefficient (Wildman–Crippen LogP) is 3.19. The lowest BCUT2D eigenvalue weighted by Crippen LogP contribution is -1.94. The summed E-state index contributed by atoms with van der Waals surface area (Å²) in [6.45, 7) is 1.89. The van der Waals surface area contributed by atoms with Crippen LogP contribution in [0.25, 0.3) is 10.9 Å². The molecule has 82 valence electrons. The first-order chi connectivity index (χ1) is 7.61. The van der Waals surface area contributed by atoms with Crippen molar-refractivity contribution in [1.29, 1.82) is 0 Å². The third-order valence-corrected chi connectivity index (χ3v) is 2.62. The fourth-order valence-electron chi connectivity index (χ4n) is 1.62. The summed E-state index contributed by atoms with van der Waals surface area (Å²) in [6, 6.07) is 5.17. The number of aryl methyl sites for hydroxylation is 1. The molecule has 0 spiro atoms. The van der Waals surface area contributed by atoms with Crippen LogP contribution < -0.4 is 0 Å². The lowest BCUT2D eigenvalue weighted by Gasteiger charge is -2.02. The number of pyridine rings is 1. The average Bonchev–Trinajstić information content (AvgIpc) is 2.26. The van der Waals surface area contributed by atoms with E-state index in [2.05, 4.69) is 4.98 Å². The molecule has 0 saturated carbocycles. The second-order valence-electron chi connectivity index (χ2n) is 3.59. The highest BCUT2D eigenvalue weighted by Crippen LogP contribution is 2.26. The van der Waals surface area contributed by atoms with Crippen LogP contribution in [0, 0.1) is 17.0 Å². The average molecular weight is 237 g/mol. The molecular formula is C11H9ClN2O2. The molecule has 1 aromatic heterocycles. The Kier molecular flexibility index (Phi) is 2.75. The fourth-order valence-corrected chi connectivity index (χ4v) is 1.77. The van der Waals surface area contributed by atoms with E-state index >= 15 is 0 Å². The molecule has 0 aliphatic heterocycles. The number of nitro benzene ring substituents is 1. The van der Waals surface area contributed by atoms with Crippen molar-refractivity contribution in [2.24, 2.45) is 0 Å². The molecule has 0 aliphatic carbocycles. The normalized spacial score (nSPS) is 10.6.